The van der Waals surface area contributed by atoms with Crippen molar-refractivity contribution in [3.8, 4) is 11.5 Å². The molecule has 9 nitrogen and oxygen atoms in total. The average Bonchev–Trinajstić information content (AvgIpc) is 3.40. The maximum atomic E-state index is 13.0. The largest absolute Gasteiger partial charge is 0.457 e. The zero-order chi connectivity index (χ0) is 27.8. The van der Waals surface area contributed by atoms with Gasteiger partial charge < -0.3 is 29.6 Å². The zero-order valence-corrected chi connectivity index (χ0v) is 22.8. The first-order valence-corrected chi connectivity index (χ1v) is 13.4. The van der Waals surface area contributed by atoms with Crippen molar-refractivity contribution < 1.29 is 21.6 Å². The van der Waals surface area contributed by atoms with Crippen LogP contribution < -0.4 is 20.3 Å². The summed E-state index contributed by atoms with van der Waals surface area (Å²) in [4.78, 5) is 32.9. The van der Waals surface area contributed by atoms with E-state index in [0.29, 0.717) is 36.7 Å². The fraction of sp³-hybridized carbons (Fsp3) is 0.258. The summed E-state index contributed by atoms with van der Waals surface area (Å²) in [5.41, 5.74) is 5.61. The van der Waals surface area contributed by atoms with Crippen molar-refractivity contribution in [2.75, 3.05) is 42.7 Å². The fourth-order valence-electron chi connectivity index (χ4n) is 5.17. The van der Waals surface area contributed by atoms with Gasteiger partial charge in [-0.05, 0) is 48.7 Å². The summed E-state index contributed by atoms with van der Waals surface area (Å²) in [6, 6.07) is 13.9. The molecule has 6 rings (SSSR count). The lowest BCUT2D eigenvalue weighted by atomic mass is 10.1. The molecule has 2 aromatic carbocycles. The van der Waals surface area contributed by atoms with E-state index in [4.69, 9.17) is 9.15 Å². The first-order valence-electron chi connectivity index (χ1n) is 13.4. The molecular formula is C31H35N5O4. The number of nitrogens with one attached hydrogen (secondary N) is 2. The van der Waals surface area contributed by atoms with Gasteiger partial charge in [0.2, 0.25) is 11.8 Å². The summed E-state index contributed by atoms with van der Waals surface area (Å²) in [6.07, 6.45) is 6.30. The number of ether oxygens (including phenoxy) is 1. The summed E-state index contributed by atoms with van der Waals surface area (Å²) in [5, 5.41) is 6.89. The lowest BCUT2D eigenvalue weighted by Gasteiger charge is -2.15. The highest BCUT2D eigenvalue weighted by Crippen LogP contribution is 2.38. The Bertz CT molecular complexity index is 1670. The van der Waals surface area contributed by atoms with Crippen LogP contribution in [-0.2, 0) is 22.6 Å². The molecule has 2 aliphatic heterocycles. The number of likely N-dealkylation sites (N-methyl/N-ethyl adjacent to an activating group) is 2. The van der Waals surface area contributed by atoms with Crippen LogP contribution in [0.25, 0.3) is 17.0 Å². The van der Waals surface area contributed by atoms with Gasteiger partial charge in [0.1, 0.15) is 11.5 Å². The molecule has 0 fully saturated rings. The molecule has 2 amide bonds. The smallest absolute Gasteiger partial charge is 0.246 e. The van der Waals surface area contributed by atoms with Crippen LogP contribution in [0.3, 0.4) is 0 Å². The van der Waals surface area contributed by atoms with Crippen LogP contribution in [-0.4, -0.2) is 48.9 Å². The number of para-hydroxylation sites is 1. The van der Waals surface area contributed by atoms with Crippen LogP contribution in [0.5, 0.6) is 11.5 Å². The second-order valence-corrected chi connectivity index (χ2v) is 10.3. The third-order valence-electron chi connectivity index (χ3n) is 7.42. The summed E-state index contributed by atoms with van der Waals surface area (Å²) in [5.74, 6) is 2.42. The van der Waals surface area contributed by atoms with E-state index in [1.165, 1.54) is 17.3 Å². The quantitative estimate of drug-likeness (QED) is 0.296. The number of amides is 2. The number of carbonyl (C=O) groups is 2. The van der Waals surface area contributed by atoms with Crippen LogP contribution >= 0.6 is 0 Å². The predicted octanol–water partition coefficient (Wildman–Crippen LogP) is 5.84. The lowest BCUT2D eigenvalue weighted by Crippen LogP contribution is -2.24. The Morgan fingerprint density at radius 1 is 1.25 bits per heavy atom. The molecule has 0 bridgehead atoms. The second kappa shape index (κ2) is 10.4. The van der Waals surface area contributed by atoms with Crippen LogP contribution in [0, 0.1) is 6.92 Å². The number of carbonyl (C=O) groups excluding carboxylic acids is 2. The molecule has 208 valence electrons. The van der Waals surface area contributed by atoms with E-state index in [2.05, 4.69) is 39.7 Å². The summed E-state index contributed by atoms with van der Waals surface area (Å²) in [6.45, 7) is 3.83. The summed E-state index contributed by atoms with van der Waals surface area (Å²) < 4.78 is 12.4. The maximum Gasteiger partial charge on any atom is 0.246 e. The zero-order valence-electron chi connectivity index (χ0n) is 22.8. The van der Waals surface area contributed by atoms with Gasteiger partial charge in [0.05, 0.1) is 5.69 Å². The van der Waals surface area contributed by atoms with E-state index in [1.807, 2.05) is 37.3 Å². The Morgan fingerprint density at radius 3 is 3.00 bits per heavy atom. The highest BCUT2D eigenvalue weighted by Gasteiger charge is 2.20. The number of hydrogen-bond donors (Lipinski definition) is 2. The van der Waals surface area contributed by atoms with E-state index in [0.717, 1.165) is 46.7 Å². The van der Waals surface area contributed by atoms with Gasteiger partial charge in [-0.2, -0.15) is 0 Å². The van der Waals surface area contributed by atoms with Crippen molar-refractivity contribution in [2.24, 2.45) is 0 Å². The Kier molecular flexibility index (Phi) is 6.63. The van der Waals surface area contributed by atoms with Gasteiger partial charge in [-0.25, -0.2) is 4.98 Å². The molecule has 2 aliphatic rings. The molecule has 4 heterocycles. The summed E-state index contributed by atoms with van der Waals surface area (Å²) in [7, 11) is 3.85. The standard InChI is InChI=1S/C31H31N5O4.2H2/c1-19-24(18-36(3)29(38)10-7-20-15-25-31(33-17-20)34-28(37)11-13-32-25)23-5-4-6-27(30(23)39-19)40-22-9-8-21-12-14-35(2)26(21)16-22;;/h4-10,15-17,32H,11-14,18H2,1-3H3,(H,33,34,37);2*1H/b10-7+;;. The molecule has 0 saturated heterocycles. The minimum Gasteiger partial charge on any atom is -0.457 e. The van der Waals surface area contributed by atoms with Gasteiger partial charge in [0.15, 0.2) is 17.2 Å². The average molecular weight is 542 g/mol. The molecule has 0 spiro atoms. The number of anilines is 3. The molecule has 2 aromatic heterocycles. The monoisotopic (exact) mass is 541 g/mol. The molecule has 0 aliphatic carbocycles. The number of rotatable bonds is 6. The van der Waals surface area contributed by atoms with Crippen molar-refractivity contribution in [2.45, 2.75) is 26.3 Å². The lowest BCUT2D eigenvalue weighted by molar-refractivity contribution is -0.125. The molecule has 4 aromatic rings. The third-order valence-corrected chi connectivity index (χ3v) is 7.42. The second-order valence-electron chi connectivity index (χ2n) is 10.3. The van der Waals surface area contributed by atoms with Gasteiger partial charge in [-0.1, -0.05) is 18.2 Å². The van der Waals surface area contributed by atoms with Gasteiger partial charge >= 0.3 is 0 Å². The SMILES string of the molecule is Cc1oc2c(Oc3ccc4c(c3)N(C)CC4)cccc2c1CN(C)C(=O)/C=C/c1cnc2c(c1)NCCC(=O)N2.[HH].[HH]. The Balaban J connectivity index is 0.00000202. The van der Waals surface area contributed by atoms with Crippen LogP contribution in [0.15, 0.2) is 59.2 Å². The molecule has 0 unspecified atom stereocenters. The Morgan fingerprint density at radius 2 is 2.12 bits per heavy atom. The van der Waals surface area contributed by atoms with Gasteiger partial charge in [-0.3, -0.25) is 9.59 Å². The number of fused-ring (bicyclic) bond motifs is 3. The number of hydrogen-bond acceptors (Lipinski definition) is 7. The van der Waals surface area contributed by atoms with Crippen molar-refractivity contribution in [3.63, 3.8) is 0 Å². The molecule has 40 heavy (non-hydrogen) atoms. The summed E-state index contributed by atoms with van der Waals surface area (Å²) >= 11 is 0. The van der Waals surface area contributed by atoms with Crippen LogP contribution in [0.2, 0.25) is 0 Å². The molecular weight excluding hydrogens is 506 g/mol. The first-order chi connectivity index (χ1) is 19.4. The van der Waals surface area contributed by atoms with Crippen molar-refractivity contribution in [1.29, 1.82) is 0 Å². The number of furan rings is 1. The predicted molar refractivity (Wildman–Crippen MR) is 160 cm³/mol. The molecule has 0 radical (unpaired) electrons. The van der Waals surface area contributed by atoms with E-state index >= 15 is 0 Å². The van der Waals surface area contributed by atoms with E-state index in [9.17, 15) is 9.59 Å². The van der Waals surface area contributed by atoms with Gasteiger partial charge in [-0.15, -0.1) is 0 Å². The minimum absolute atomic E-state index is 0. The fourth-order valence-corrected chi connectivity index (χ4v) is 5.17. The van der Waals surface area contributed by atoms with Gasteiger partial charge in [0, 0.05) is 78.0 Å². The maximum absolute atomic E-state index is 13.0. The molecule has 9 heteroatoms. The molecule has 2 N–H and O–H groups in total. The van der Waals surface area contributed by atoms with Crippen LogP contribution in [0.1, 0.15) is 31.7 Å². The highest BCUT2D eigenvalue weighted by molar-refractivity contribution is 5.96. The number of nitrogens with zero attached hydrogens (tertiary/aromatic N) is 3. The van der Waals surface area contributed by atoms with Crippen molar-refractivity contribution in [3.05, 3.63) is 77.2 Å². The Hall–Kier alpha value is -4.79. The first kappa shape index (κ1) is 25.5. The van der Waals surface area contributed by atoms with Crippen molar-refractivity contribution in [1.82, 2.24) is 9.88 Å². The minimum atomic E-state index is -0.153. The number of aromatic nitrogens is 1. The van der Waals surface area contributed by atoms with E-state index < -0.39 is 0 Å². The highest BCUT2D eigenvalue weighted by atomic mass is 16.5. The third kappa shape index (κ3) is 4.98. The molecule has 0 saturated carbocycles. The topological polar surface area (TPSA) is 99.9 Å². The number of benzene rings is 2. The number of pyridine rings is 1. The Labute approximate surface area is 235 Å². The van der Waals surface area contributed by atoms with E-state index in [-0.39, 0.29) is 14.7 Å². The molecule has 0 atom stereocenters. The van der Waals surface area contributed by atoms with Crippen molar-refractivity contribution >= 4 is 46.1 Å². The number of aryl methyl sites for hydroxylation is 1. The van der Waals surface area contributed by atoms with Crippen LogP contribution in [0.4, 0.5) is 17.2 Å². The normalized spacial score (nSPS) is 14.5. The van der Waals surface area contributed by atoms with E-state index in [1.54, 1.807) is 24.2 Å². The van der Waals surface area contributed by atoms with Gasteiger partial charge in [0.25, 0.3) is 0 Å².